The highest BCUT2D eigenvalue weighted by Gasteiger charge is 2.07. The minimum absolute atomic E-state index is 0.113. The molecule has 0 bridgehead atoms. The molecule has 0 aromatic carbocycles. The molecule has 0 saturated heterocycles. The van der Waals surface area contributed by atoms with Gasteiger partial charge in [-0.2, -0.15) is 5.10 Å². The van der Waals surface area contributed by atoms with Crippen molar-refractivity contribution >= 4 is 11.4 Å². The molecule has 0 saturated carbocycles. The van der Waals surface area contributed by atoms with Crippen molar-refractivity contribution in [1.29, 1.82) is 0 Å². The number of pyridine rings is 2. The average molecular weight is 252 g/mol. The molecule has 5 nitrogen and oxygen atoms in total. The van der Waals surface area contributed by atoms with Crippen LogP contribution >= 0.6 is 0 Å². The summed E-state index contributed by atoms with van der Waals surface area (Å²) in [4.78, 5) is 15.8. The predicted octanol–water partition coefficient (Wildman–Crippen LogP) is 1.66. The number of carbonyl (C=O) groups excluding carboxylic acids is 1. The molecule has 3 aromatic heterocycles. The van der Waals surface area contributed by atoms with Crippen LogP contribution in [-0.2, 0) is 6.54 Å². The molecule has 0 radical (unpaired) electrons. The second-order valence-electron chi connectivity index (χ2n) is 4.12. The molecule has 3 aromatic rings. The molecule has 1 amide bonds. The lowest BCUT2D eigenvalue weighted by Crippen LogP contribution is -2.22. The Morgan fingerprint density at radius 1 is 1.21 bits per heavy atom. The highest BCUT2D eigenvalue weighted by atomic mass is 16.1. The topological polar surface area (TPSA) is 59.3 Å². The maximum absolute atomic E-state index is 11.9. The summed E-state index contributed by atoms with van der Waals surface area (Å²) in [6.07, 6.45) is 6.85. The van der Waals surface area contributed by atoms with E-state index in [2.05, 4.69) is 15.4 Å². The first-order valence-electron chi connectivity index (χ1n) is 5.94. The summed E-state index contributed by atoms with van der Waals surface area (Å²) in [5.74, 6) is -0.113. The van der Waals surface area contributed by atoms with E-state index in [0.29, 0.717) is 12.1 Å². The van der Waals surface area contributed by atoms with Gasteiger partial charge in [-0.3, -0.25) is 9.78 Å². The van der Waals surface area contributed by atoms with Crippen LogP contribution in [0.4, 0.5) is 0 Å². The number of nitrogens with zero attached hydrogens (tertiary/aromatic N) is 3. The highest BCUT2D eigenvalue weighted by Crippen LogP contribution is 2.09. The Balaban J connectivity index is 1.75. The molecule has 0 aliphatic rings. The van der Waals surface area contributed by atoms with Crippen LogP contribution in [-0.4, -0.2) is 20.5 Å². The van der Waals surface area contributed by atoms with E-state index in [1.165, 1.54) is 0 Å². The van der Waals surface area contributed by atoms with E-state index < -0.39 is 0 Å². The predicted molar refractivity (Wildman–Crippen MR) is 70.6 cm³/mol. The zero-order valence-corrected chi connectivity index (χ0v) is 10.2. The largest absolute Gasteiger partial charge is 0.348 e. The number of carbonyl (C=O) groups is 1. The van der Waals surface area contributed by atoms with Crippen molar-refractivity contribution in [3.05, 3.63) is 66.2 Å². The third kappa shape index (κ3) is 2.30. The summed E-state index contributed by atoms with van der Waals surface area (Å²) < 4.78 is 1.79. The molecule has 0 fully saturated rings. The summed E-state index contributed by atoms with van der Waals surface area (Å²) in [7, 11) is 0. The molecule has 1 N–H and O–H groups in total. The van der Waals surface area contributed by atoms with Crippen LogP contribution in [0.15, 0.2) is 55.1 Å². The van der Waals surface area contributed by atoms with Crippen LogP contribution in [0.2, 0.25) is 0 Å². The second-order valence-corrected chi connectivity index (χ2v) is 4.12. The summed E-state index contributed by atoms with van der Waals surface area (Å²) in [6.45, 7) is 0.453. The number of hydrogen-bond donors (Lipinski definition) is 1. The van der Waals surface area contributed by atoms with E-state index in [-0.39, 0.29) is 5.91 Å². The maximum Gasteiger partial charge on any atom is 0.251 e. The van der Waals surface area contributed by atoms with Gasteiger partial charge in [0.25, 0.3) is 5.91 Å². The van der Waals surface area contributed by atoms with Crippen molar-refractivity contribution in [2.75, 3.05) is 0 Å². The van der Waals surface area contributed by atoms with Gasteiger partial charge in [0.05, 0.1) is 11.7 Å². The van der Waals surface area contributed by atoms with E-state index in [4.69, 9.17) is 0 Å². The molecular weight excluding hydrogens is 240 g/mol. The van der Waals surface area contributed by atoms with Crippen LogP contribution in [0, 0.1) is 0 Å². The van der Waals surface area contributed by atoms with Crippen LogP contribution < -0.4 is 5.32 Å². The Kier molecular flexibility index (Phi) is 2.94. The first kappa shape index (κ1) is 11.4. The Hall–Kier alpha value is -2.69. The van der Waals surface area contributed by atoms with Gasteiger partial charge in [-0.25, -0.2) is 4.52 Å². The fourth-order valence-electron chi connectivity index (χ4n) is 1.90. The molecule has 3 heterocycles. The number of aromatic nitrogens is 3. The van der Waals surface area contributed by atoms with Crippen molar-refractivity contribution in [3.8, 4) is 0 Å². The number of fused-ring (bicyclic) bond motifs is 1. The third-order valence-electron chi connectivity index (χ3n) is 2.89. The number of hydrogen-bond acceptors (Lipinski definition) is 3. The summed E-state index contributed by atoms with van der Waals surface area (Å²) in [5, 5.41) is 7.10. The summed E-state index contributed by atoms with van der Waals surface area (Å²) in [5.41, 5.74) is 2.59. The van der Waals surface area contributed by atoms with Crippen LogP contribution in [0.5, 0.6) is 0 Å². The van der Waals surface area contributed by atoms with Crippen molar-refractivity contribution < 1.29 is 4.79 Å². The maximum atomic E-state index is 11.9. The number of rotatable bonds is 3. The van der Waals surface area contributed by atoms with Gasteiger partial charge in [-0.05, 0) is 24.3 Å². The van der Waals surface area contributed by atoms with Gasteiger partial charge in [0.15, 0.2) is 0 Å². The minimum Gasteiger partial charge on any atom is -0.348 e. The third-order valence-corrected chi connectivity index (χ3v) is 2.89. The SMILES string of the molecule is O=C(NCc1cnn2ccccc12)c1ccncc1. The fraction of sp³-hybridized carbons (Fsp3) is 0.0714. The molecule has 0 atom stereocenters. The standard InChI is InChI=1S/C14H12N4O/c19-14(11-4-6-15-7-5-11)16-9-12-10-17-18-8-2-1-3-13(12)18/h1-8,10H,9H2,(H,16,19). The number of amides is 1. The quantitative estimate of drug-likeness (QED) is 0.771. The van der Waals surface area contributed by atoms with Crippen molar-refractivity contribution in [2.24, 2.45) is 0 Å². The van der Waals surface area contributed by atoms with E-state index in [1.54, 1.807) is 35.2 Å². The van der Waals surface area contributed by atoms with Crippen LogP contribution in [0.3, 0.4) is 0 Å². The first-order valence-corrected chi connectivity index (χ1v) is 5.94. The van der Waals surface area contributed by atoms with Crippen LogP contribution in [0.1, 0.15) is 15.9 Å². The number of nitrogens with one attached hydrogen (secondary N) is 1. The van der Waals surface area contributed by atoms with E-state index in [9.17, 15) is 4.79 Å². The molecule has 0 unspecified atom stereocenters. The lowest BCUT2D eigenvalue weighted by atomic mass is 10.2. The molecule has 3 rings (SSSR count). The van der Waals surface area contributed by atoms with Crippen LogP contribution in [0.25, 0.3) is 5.52 Å². The fourth-order valence-corrected chi connectivity index (χ4v) is 1.90. The van der Waals surface area contributed by atoms with E-state index in [1.807, 2.05) is 24.4 Å². The zero-order valence-electron chi connectivity index (χ0n) is 10.2. The normalized spacial score (nSPS) is 10.5. The van der Waals surface area contributed by atoms with E-state index >= 15 is 0 Å². The molecule has 94 valence electrons. The lowest BCUT2D eigenvalue weighted by molar-refractivity contribution is 0.0951. The first-order chi connectivity index (χ1) is 9.34. The monoisotopic (exact) mass is 252 g/mol. The van der Waals surface area contributed by atoms with Gasteiger partial charge in [0.2, 0.25) is 0 Å². The van der Waals surface area contributed by atoms with Gasteiger partial charge in [0, 0.05) is 36.3 Å². The van der Waals surface area contributed by atoms with Gasteiger partial charge >= 0.3 is 0 Å². The average Bonchev–Trinajstić information content (AvgIpc) is 2.89. The molecular formula is C14H12N4O. The summed E-state index contributed by atoms with van der Waals surface area (Å²) >= 11 is 0. The zero-order chi connectivity index (χ0) is 13.1. The Labute approximate surface area is 109 Å². The van der Waals surface area contributed by atoms with Gasteiger partial charge < -0.3 is 5.32 Å². The van der Waals surface area contributed by atoms with Crippen molar-refractivity contribution in [3.63, 3.8) is 0 Å². The van der Waals surface area contributed by atoms with Gasteiger partial charge in [0.1, 0.15) is 0 Å². The molecule has 0 aliphatic carbocycles. The summed E-state index contributed by atoms with van der Waals surface area (Å²) in [6, 6.07) is 9.21. The minimum atomic E-state index is -0.113. The molecule has 0 aliphatic heterocycles. The second kappa shape index (κ2) is 4.89. The smallest absolute Gasteiger partial charge is 0.251 e. The molecule has 5 heteroatoms. The van der Waals surface area contributed by atoms with E-state index in [0.717, 1.165) is 11.1 Å². The van der Waals surface area contributed by atoms with Gasteiger partial charge in [-0.15, -0.1) is 0 Å². The lowest BCUT2D eigenvalue weighted by Gasteiger charge is -2.03. The Morgan fingerprint density at radius 3 is 2.89 bits per heavy atom. The Morgan fingerprint density at radius 2 is 2.05 bits per heavy atom. The molecule has 19 heavy (non-hydrogen) atoms. The molecule has 0 spiro atoms. The Bertz CT molecular complexity index is 706. The van der Waals surface area contributed by atoms with Gasteiger partial charge in [-0.1, -0.05) is 6.07 Å². The van der Waals surface area contributed by atoms with Crippen molar-refractivity contribution in [1.82, 2.24) is 19.9 Å². The highest BCUT2D eigenvalue weighted by molar-refractivity contribution is 5.94. The van der Waals surface area contributed by atoms with Crippen molar-refractivity contribution in [2.45, 2.75) is 6.54 Å².